The number of rotatable bonds is 5. The molecule has 112 valence electrons. The standard InChI is InChI=1S/C13H26N2O3S/c1-10(2)8-19(17,18)9-13(16)15-6-4-12(5-7-15)11(3)14/h10-12H,4-9,14H2,1-3H3. The largest absolute Gasteiger partial charge is 0.342 e. The van der Waals surface area contributed by atoms with Crippen molar-refractivity contribution in [2.24, 2.45) is 17.6 Å². The fourth-order valence-electron chi connectivity index (χ4n) is 2.52. The Bertz CT molecular complexity index is 396. The Morgan fingerprint density at radius 2 is 1.79 bits per heavy atom. The van der Waals surface area contributed by atoms with Gasteiger partial charge in [0, 0.05) is 19.1 Å². The molecule has 1 atom stereocenters. The molecule has 1 aliphatic rings. The third-order valence-electron chi connectivity index (χ3n) is 3.57. The van der Waals surface area contributed by atoms with E-state index in [4.69, 9.17) is 5.73 Å². The van der Waals surface area contributed by atoms with Crippen LogP contribution in [0.4, 0.5) is 0 Å². The summed E-state index contributed by atoms with van der Waals surface area (Å²) in [5.74, 6) is -0.0370. The predicted molar refractivity (Wildman–Crippen MR) is 76.4 cm³/mol. The Morgan fingerprint density at radius 3 is 2.21 bits per heavy atom. The molecule has 1 amide bonds. The minimum absolute atomic E-state index is 0.0571. The van der Waals surface area contributed by atoms with E-state index < -0.39 is 9.84 Å². The molecule has 1 saturated heterocycles. The average molecular weight is 290 g/mol. The van der Waals surface area contributed by atoms with Crippen molar-refractivity contribution in [1.29, 1.82) is 0 Å². The Balaban J connectivity index is 2.48. The van der Waals surface area contributed by atoms with Crippen molar-refractivity contribution >= 4 is 15.7 Å². The van der Waals surface area contributed by atoms with Gasteiger partial charge in [0.15, 0.2) is 9.84 Å². The molecule has 5 nitrogen and oxygen atoms in total. The summed E-state index contributed by atoms with van der Waals surface area (Å²) in [6, 6.07) is 0.141. The number of likely N-dealkylation sites (tertiary alicyclic amines) is 1. The molecule has 6 heteroatoms. The van der Waals surface area contributed by atoms with E-state index in [0.717, 1.165) is 12.8 Å². The highest BCUT2D eigenvalue weighted by atomic mass is 32.2. The van der Waals surface area contributed by atoms with Crippen molar-refractivity contribution < 1.29 is 13.2 Å². The lowest BCUT2D eigenvalue weighted by atomic mass is 9.91. The van der Waals surface area contributed by atoms with Gasteiger partial charge in [0.25, 0.3) is 0 Å². The summed E-state index contributed by atoms with van der Waals surface area (Å²) in [7, 11) is -3.28. The molecule has 1 aliphatic heterocycles. The van der Waals surface area contributed by atoms with Crippen molar-refractivity contribution in [3.05, 3.63) is 0 Å². The maximum absolute atomic E-state index is 12.0. The topological polar surface area (TPSA) is 80.5 Å². The number of carbonyl (C=O) groups is 1. The van der Waals surface area contributed by atoms with Crippen LogP contribution in [0.25, 0.3) is 0 Å². The summed E-state index contributed by atoms with van der Waals surface area (Å²) >= 11 is 0. The van der Waals surface area contributed by atoms with Crippen LogP contribution >= 0.6 is 0 Å². The summed E-state index contributed by atoms with van der Waals surface area (Å²) in [5, 5.41) is 0. The van der Waals surface area contributed by atoms with Gasteiger partial charge in [-0.2, -0.15) is 0 Å². The van der Waals surface area contributed by atoms with Gasteiger partial charge in [0.1, 0.15) is 5.75 Å². The highest BCUT2D eigenvalue weighted by molar-refractivity contribution is 7.92. The second kappa shape index (κ2) is 6.70. The maximum Gasteiger partial charge on any atom is 0.237 e. The van der Waals surface area contributed by atoms with Crippen LogP contribution in [-0.4, -0.2) is 49.9 Å². The van der Waals surface area contributed by atoms with Gasteiger partial charge in [-0.05, 0) is 31.6 Å². The fraction of sp³-hybridized carbons (Fsp3) is 0.923. The first kappa shape index (κ1) is 16.4. The van der Waals surface area contributed by atoms with E-state index in [0.29, 0.717) is 19.0 Å². The maximum atomic E-state index is 12.0. The Labute approximate surface area is 116 Å². The van der Waals surface area contributed by atoms with E-state index in [2.05, 4.69) is 0 Å². The molecule has 1 heterocycles. The number of sulfone groups is 1. The first-order valence-corrected chi connectivity index (χ1v) is 8.77. The SMILES string of the molecule is CC(C)CS(=O)(=O)CC(=O)N1CCC(C(C)N)CC1. The molecule has 0 aromatic heterocycles. The minimum Gasteiger partial charge on any atom is -0.342 e. The molecule has 1 rings (SSSR count). The number of carbonyl (C=O) groups excluding carboxylic acids is 1. The second-order valence-electron chi connectivity index (χ2n) is 6.03. The summed E-state index contributed by atoms with van der Waals surface area (Å²) < 4.78 is 23.6. The normalized spacial score (nSPS) is 19.7. The van der Waals surface area contributed by atoms with Crippen molar-refractivity contribution in [3.8, 4) is 0 Å². The molecule has 1 unspecified atom stereocenters. The molecule has 2 N–H and O–H groups in total. The second-order valence-corrected chi connectivity index (χ2v) is 8.13. The lowest BCUT2D eigenvalue weighted by Crippen LogP contribution is -2.44. The lowest BCUT2D eigenvalue weighted by Gasteiger charge is -2.33. The predicted octanol–water partition coefficient (Wildman–Crippen LogP) is 0.643. The van der Waals surface area contributed by atoms with Crippen LogP contribution in [0.5, 0.6) is 0 Å². The minimum atomic E-state index is -3.28. The van der Waals surface area contributed by atoms with Crippen LogP contribution in [0.15, 0.2) is 0 Å². The van der Waals surface area contributed by atoms with E-state index >= 15 is 0 Å². The summed E-state index contributed by atoms with van der Waals surface area (Å²) in [4.78, 5) is 13.7. The van der Waals surface area contributed by atoms with Gasteiger partial charge in [0.05, 0.1) is 5.75 Å². The molecule has 0 aromatic rings. The number of piperidine rings is 1. The van der Waals surface area contributed by atoms with Gasteiger partial charge in [-0.15, -0.1) is 0 Å². The Morgan fingerprint density at radius 1 is 1.26 bits per heavy atom. The monoisotopic (exact) mass is 290 g/mol. The summed E-state index contributed by atoms with van der Waals surface area (Å²) in [6.45, 7) is 6.92. The van der Waals surface area contributed by atoms with E-state index in [1.807, 2.05) is 20.8 Å². The van der Waals surface area contributed by atoms with Gasteiger partial charge >= 0.3 is 0 Å². The molecule has 1 fully saturated rings. The van der Waals surface area contributed by atoms with E-state index in [1.54, 1.807) is 4.90 Å². The molecule has 0 aliphatic carbocycles. The highest BCUT2D eigenvalue weighted by Crippen LogP contribution is 2.19. The number of hydrogen-bond acceptors (Lipinski definition) is 4. The molecule has 0 spiro atoms. The smallest absolute Gasteiger partial charge is 0.237 e. The quantitative estimate of drug-likeness (QED) is 0.806. The third-order valence-corrected chi connectivity index (χ3v) is 5.43. The van der Waals surface area contributed by atoms with E-state index in [1.165, 1.54) is 0 Å². The van der Waals surface area contributed by atoms with Gasteiger partial charge in [-0.25, -0.2) is 8.42 Å². The number of nitrogens with two attached hydrogens (primary N) is 1. The number of nitrogens with zero attached hydrogens (tertiary/aromatic N) is 1. The molecule has 0 radical (unpaired) electrons. The van der Waals surface area contributed by atoms with Gasteiger partial charge in [0.2, 0.25) is 5.91 Å². The van der Waals surface area contributed by atoms with Crippen LogP contribution in [-0.2, 0) is 14.6 Å². The van der Waals surface area contributed by atoms with Gasteiger partial charge < -0.3 is 10.6 Å². The van der Waals surface area contributed by atoms with Crippen LogP contribution in [0.2, 0.25) is 0 Å². The van der Waals surface area contributed by atoms with Crippen molar-refractivity contribution in [2.45, 2.75) is 39.7 Å². The first-order chi connectivity index (χ1) is 8.71. The lowest BCUT2D eigenvalue weighted by molar-refractivity contribution is -0.129. The average Bonchev–Trinajstić information content (AvgIpc) is 2.26. The third kappa shape index (κ3) is 5.48. The van der Waals surface area contributed by atoms with E-state index in [-0.39, 0.29) is 29.4 Å². The molecule has 0 saturated carbocycles. The van der Waals surface area contributed by atoms with E-state index in [9.17, 15) is 13.2 Å². The van der Waals surface area contributed by atoms with Gasteiger partial charge in [-0.3, -0.25) is 4.79 Å². The molecular formula is C13H26N2O3S. The van der Waals surface area contributed by atoms with Crippen molar-refractivity contribution in [2.75, 3.05) is 24.6 Å². The Kier molecular flexibility index (Phi) is 5.80. The van der Waals surface area contributed by atoms with Gasteiger partial charge in [-0.1, -0.05) is 13.8 Å². The molecular weight excluding hydrogens is 264 g/mol. The zero-order valence-corrected chi connectivity index (χ0v) is 12.9. The van der Waals surface area contributed by atoms with Crippen molar-refractivity contribution in [3.63, 3.8) is 0 Å². The number of hydrogen-bond donors (Lipinski definition) is 1. The van der Waals surface area contributed by atoms with Crippen LogP contribution in [0.1, 0.15) is 33.6 Å². The highest BCUT2D eigenvalue weighted by Gasteiger charge is 2.27. The molecule has 19 heavy (non-hydrogen) atoms. The molecule has 0 aromatic carbocycles. The fourth-order valence-corrected chi connectivity index (χ4v) is 4.21. The summed E-state index contributed by atoms with van der Waals surface area (Å²) in [5.41, 5.74) is 5.85. The summed E-state index contributed by atoms with van der Waals surface area (Å²) in [6.07, 6.45) is 1.74. The van der Waals surface area contributed by atoms with Crippen LogP contribution in [0, 0.1) is 11.8 Å². The molecule has 0 bridgehead atoms. The zero-order valence-electron chi connectivity index (χ0n) is 12.1. The van der Waals surface area contributed by atoms with Crippen molar-refractivity contribution in [1.82, 2.24) is 4.90 Å². The Hall–Kier alpha value is -0.620. The zero-order chi connectivity index (χ0) is 14.6. The number of amides is 1. The first-order valence-electron chi connectivity index (χ1n) is 6.95. The van der Waals surface area contributed by atoms with Crippen LogP contribution in [0.3, 0.4) is 0 Å². The van der Waals surface area contributed by atoms with Crippen LogP contribution < -0.4 is 5.73 Å².